The molecule has 1 amide bonds. The Kier molecular flexibility index (Phi) is 6.84. The van der Waals surface area contributed by atoms with Gasteiger partial charge in [0.25, 0.3) is 5.91 Å². The van der Waals surface area contributed by atoms with Crippen LogP contribution in [0.1, 0.15) is 36.2 Å². The molecule has 0 aliphatic rings. The highest BCUT2D eigenvalue weighted by molar-refractivity contribution is 7.86. The average Bonchev–Trinajstić information content (AvgIpc) is 2.60. The molecule has 0 spiro atoms. The lowest BCUT2D eigenvalue weighted by Crippen LogP contribution is -2.38. The summed E-state index contributed by atoms with van der Waals surface area (Å²) < 4.78 is 42.2. The van der Waals surface area contributed by atoms with Crippen molar-refractivity contribution in [3.63, 3.8) is 0 Å². The third kappa shape index (κ3) is 5.68. The van der Waals surface area contributed by atoms with Gasteiger partial charge in [-0.1, -0.05) is 30.7 Å². The molecule has 0 aliphatic carbocycles. The highest BCUT2D eigenvalue weighted by Gasteiger charge is 2.25. The van der Waals surface area contributed by atoms with Crippen LogP contribution in [-0.4, -0.2) is 31.5 Å². The highest BCUT2D eigenvalue weighted by Crippen LogP contribution is 2.27. The van der Waals surface area contributed by atoms with Crippen molar-refractivity contribution in [1.29, 1.82) is 0 Å². The third-order valence-corrected chi connectivity index (χ3v) is 4.81. The summed E-state index contributed by atoms with van der Waals surface area (Å²) in [6, 6.07) is 9.98. The number of rotatable bonds is 7. The summed E-state index contributed by atoms with van der Waals surface area (Å²) in [4.78, 5) is 14.4. The molecule has 1 atom stereocenters. The Morgan fingerprint density at radius 2 is 1.93 bits per heavy atom. The molecule has 8 heteroatoms. The summed E-state index contributed by atoms with van der Waals surface area (Å²) in [5.41, 5.74) is 0.364. The van der Waals surface area contributed by atoms with Crippen molar-refractivity contribution >= 4 is 27.6 Å². The molecule has 2 aromatic carbocycles. The van der Waals surface area contributed by atoms with E-state index in [0.29, 0.717) is 17.0 Å². The maximum absolute atomic E-state index is 14.1. The van der Waals surface area contributed by atoms with E-state index in [1.54, 1.807) is 6.07 Å². The predicted octanol–water partition coefficient (Wildman–Crippen LogP) is 4.26. The standard InChI is InChI=1S/C19H21ClFNO4S/c1-4-13(2)22(19(23)16-7-5-6-8-17(16)21)12-14-11-15(20)9-10-18(14)26-27(3,24)25/h5-11,13H,4,12H2,1-3H3/t13-/m1/s1. The molecule has 146 valence electrons. The number of carbonyl (C=O) groups excluding carboxylic acids is 1. The minimum Gasteiger partial charge on any atom is -0.382 e. The van der Waals surface area contributed by atoms with E-state index in [2.05, 4.69) is 0 Å². The lowest BCUT2D eigenvalue weighted by molar-refractivity contribution is 0.0666. The second-order valence-corrected chi connectivity index (χ2v) is 8.22. The summed E-state index contributed by atoms with van der Waals surface area (Å²) in [7, 11) is -3.76. The van der Waals surface area contributed by atoms with Gasteiger partial charge in [0.2, 0.25) is 0 Å². The predicted molar refractivity (Wildman–Crippen MR) is 103 cm³/mol. The van der Waals surface area contributed by atoms with Crippen LogP contribution in [-0.2, 0) is 16.7 Å². The lowest BCUT2D eigenvalue weighted by Gasteiger charge is -2.29. The van der Waals surface area contributed by atoms with Gasteiger partial charge >= 0.3 is 10.1 Å². The molecule has 2 rings (SSSR count). The second kappa shape index (κ2) is 8.71. The molecular weight excluding hydrogens is 393 g/mol. The van der Waals surface area contributed by atoms with Crippen molar-refractivity contribution in [2.45, 2.75) is 32.9 Å². The van der Waals surface area contributed by atoms with E-state index in [4.69, 9.17) is 15.8 Å². The van der Waals surface area contributed by atoms with E-state index in [0.717, 1.165) is 6.26 Å². The summed E-state index contributed by atoms with van der Waals surface area (Å²) in [6.07, 6.45) is 1.56. The SMILES string of the molecule is CC[C@@H](C)N(Cc1cc(Cl)ccc1OS(C)(=O)=O)C(=O)c1ccccc1F. The summed E-state index contributed by atoms with van der Waals surface area (Å²) in [6.45, 7) is 3.76. The maximum Gasteiger partial charge on any atom is 0.306 e. The van der Waals surface area contributed by atoms with Crippen LogP contribution in [0.5, 0.6) is 5.75 Å². The zero-order valence-electron chi connectivity index (χ0n) is 15.3. The van der Waals surface area contributed by atoms with Gasteiger partial charge in [0, 0.05) is 16.6 Å². The first-order chi connectivity index (χ1) is 12.6. The van der Waals surface area contributed by atoms with Gasteiger partial charge in [0.05, 0.1) is 18.4 Å². The van der Waals surface area contributed by atoms with E-state index >= 15 is 0 Å². The molecule has 0 radical (unpaired) electrons. The fourth-order valence-electron chi connectivity index (χ4n) is 2.54. The average molecular weight is 414 g/mol. The molecule has 0 aromatic heterocycles. The number of benzene rings is 2. The number of amides is 1. The molecule has 0 aliphatic heterocycles. The van der Waals surface area contributed by atoms with Crippen LogP contribution in [0.15, 0.2) is 42.5 Å². The highest BCUT2D eigenvalue weighted by atomic mass is 35.5. The molecule has 0 bridgehead atoms. The Balaban J connectivity index is 2.44. The van der Waals surface area contributed by atoms with Gasteiger partial charge in [-0.15, -0.1) is 0 Å². The molecule has 0 heterocycles. The first-order valence-electron chi connectivity index (χ1n) is 8.35. The number of nitrogens with zero attached hydrogens (tertiary/aromatic N) is 1. The zero-order valence-corrected chi connectivity index (χ0v) is 16.8. The fourth-order valence-corrected chi connectivity index (χ4v) is 3.22. The van der Waals surface area contributed by atoms with Gasteiger partial charge in [-0.25, -0.2) is 4.39 Å². The fraction of sp³-hybridized carbons (Fsp3) is 0.316. The van der Waals surface area contributed by atoms with Crippen molar-refractivity contribution in [1.82, 2.24) is 4.90 Å². The van der Waals surface area contributed by atoms with Crippen LogP contribution in [0.2, 0.25) is 5.02 Å². The topological polar surface area (TPSA) is 63.7 Å². The van der Waals surface area contributed by atoms with Crippen molar-refractivity contribution in [3.8, 4) is 5.75 Å². The molecule has 0 fully saturated rings. The molecule has 0 saturated heterocycles. The summed E-state index contributed by atoms with van der Waals surface area (Å²) in [5.74, 6) is -1.03. The Bertz CT molecular complexity index is 933. The number of halogens is 2. The van der Waals surface area contributed by atoms with Gasteiger partial charge in [0.1, 0.15) is 11.6 Å². The van der Waals surface area contributed by atoms with E-state index < -0.39 is 21.8 Å². The molecular formula is C19H21ClFNO4S. The van der Waals surface area contributed by atoms with Crippen molar-refractivity contribution in [3.05, 3.63) is 64.4 Å². The molecule has 0 unspecified atom stereocenters. The van der Waals surface area contributed by atoms with Crippen LogP contribution in [0, 0.1) is 5.82 Å². The Morgan fingerprint density at radius 3 is 2.52 bits per heavy atom. The molecule has 0 saturated carbocycles. The Morgan fingerprint density at radius 1 is 1.26 bits per heavy atom. The smallest absolute Gasteiger partial charge is 0.306 e. The van der Waals surface area contributed by atoms with Gasteiger partial charge in [-0.2, -0.15) is 8.42 Å². The summed E-state index contributed by atoms with van der Waals surface area (Å²) >= 11 is 6.04. The van der Waals surface area contributed by atoms with Crippen LogP contribution < -0.4 is 4.18 Å². The van der Waals surface area contributed by atoms with E-state index in [9.17, 15) is 17.6 Å². The minimum atomic E-state index is -3.76. The Hall–Kier alpha value is -2.12. The monoisotopic (exact) mass is 413 g/mol. The van der Waals surface area contributed by atoms with Crippen LogP contribution in [0.25, 0.3) is 0 Å². The number of carbonyl (C=O) groups is 1. The van der Waals surface area contributed by atoms with Crippen LogP contribution in [0.3, 0.4) is 0 Å². The lowest BCUT2D eigenvalue weighted by atomic mass is 10.1. The minimum absolute atomic E-state index is 0.0214. The van der Waals surface area contributed by atoms with Gasteiger partial charge in [-0.3, -0.25) is 4.79 Å². The number of hydrogen-bond acceptors (Lipinski definition) is 4. The quantitative estimate of drug-likeness (QED) is 0.636. The second-order valence-electron chi connectivity index (χ2n) is 6.21. The van der Waals surface area contributed by atoms with Crippen LogP contribution in [0.4, 0.5) is 4.39 Å². The van der Waals surface area contributed by atoms with Gasteiger partial charge in [-0.05, 0) is 43.7 Å². The molecule has 5 nitrogen and oxygen atoms in total. The van der Waals surface area contributed by atoms with Crippen molar-refractivity contribution in [2.24, 2.45) is 0 Å². The van der Waals surface area contributed by atoms with E-state index in [1.165, 1.54) is 41.3 Å². The first kappa shape index (κ1) is 21.2. The molecule has 2 aromatic rings. The van der Waals surface area contributed by atoms with Crippen molar-refractivity contribution in [2.75, 3.05) is 6.26 Å². The third-order valence-electron chi connectivity index (χ3n) is 4.09. The maximum atomic E-state index is 14.1. The normalized spacial score (nSPS) is 12.5. The van der Waals surface area contributed by atoms with Crippen molar-refractivity contribution < 1.29 is 21.8 Å². The number of hydrogen-bond donors (Lipinski definition) is 0. The van der Waals surface area contributed by atoms with E-state index in [-0.39, 0.29) is 23.9 Å². The van der Waals surface area contributed by atoms with Gasteiger partial charge in [0.15, 0.2) is 0 Å². The first-order valence-corrected chi connectivity index (χ1v) is 10.5. The summed E-state index contributed by atoms with van der Waals surface area (Å²) in [5, 5.41) is 0.369. The largest absolute Gasteiger partial charge is 0.382 e. The Labute approximate surface area is 163 Å². The zero-order chi connectivity index (χ0) is 20.2. The van der Waals surface area contributed by atoms with Gasteiger partial charge < -0.3 is 9.08 Å². The molecule has 27 heavy (non-hydrogen) atoms. The van der Waals surface area contributed by atoms with Crippen LogP contribution >= 0.6 is 11.6 Å². The van der Waals surface area contributed by atoms with E-state index in [1.807, 2.05) is 13.8 Å². The molecule has 0 N–H and O–H groups in total.